The highest BCUT2D eigenvalue weighted by Gasteiger charge is 2.51. The number of hydrogen-bond acceptors (Lipinski definition) is 5. The molecule has 118 valence electrons. The number of nitrogens with zero attached hydrogens (tertiary/aromatic N) is 2. The molecule has 22 heavy (non-hydrogen) atoms. The monoisotopic (exact) mass is 341 g/mol. The maximum Gasteiger partial charge on any atom is 0.237 e. The van der Waals surface area contributed by atoms with E-state index in [2.05, 4.69) is 21.5 Å². The molecule has 2 heterocycles. The summed E-state index contributed by atoms with van der Waals surface area (Å²) in [5.74, 6) is 1.37. The molecule has 4 rings (SSSR count). The molecule has 1 N–H and O–H groups in total. The number of benzene rings is 1. The smallest absolute Gasteiger partial charge is 0.237 e. The Hall–Kier alpha value is -1.14. The van der Waals surface area contributed by atoms with Crippen LogP contribution in [-0.2, 0) is 10.2 Å². The summed E-state index contributed by atoms with van der Waals surface area (Å²) in [6.45, 7) is 2.13. The fourth-order valence-corrected chi connectivity index (χ4v) is 3.03. The van der Waals surface area contributed by atoms with Crippen molar-refractivity contribution in [3.8, 4) is 0 Å². The number of aromatic nitrogens is 2. The van der Waals surface area contributed by atoms with Crippen LogP contribution in [0.5, 0.6) is 0 Å². The zero-order chi connectivity index (χ0) is 14.3. The van der Waals surface area contributed by atoms with Crippen LogP contribution in [0.25, 0.3) is 0 Å². The Balaban J connectivity index is 0.00000144. The molecule has 1 saturated heterocycles. The minimum atomic E-state index is -0.147. The van der Waals surface area contributed by atoms with Crippen LogP contribution in [-0.4, -0.2) is 29.9 Å². The lowest BCUT2D eigenvalue weighted by Gasteiger charge is -2.20. The first kappa shape index (κ1) is 15.7. The summed E-state index contributed by atoms with van der Waals surface area (Å²) in [5, 5.41) is 8.21. The Kier molecular flexibility index (Phi) is 4.41. The van der Waals surface area contributed by atoms with Gasteiger partial charge in [0.2, 0.25) is 5.89 Å². The van der Waals surface area contributed by atoms with Gasteiger partial charge in [-0.3, -0.25) is 0 Å². The summed E-state index contributed by atoms with van der Waals surface area (Å²) in [6.07, 6.45) is 2.03. The molecular formula is C15H17Cl2N3O2. The Morgan fingerprint density at radius 3 is 2.86 bits per heavy atom. The molecule has 2 aromatic rings. The molecule has 5 nitrogen and oxygen atoms in total. The third kappa shape index (κ3) is 2.74. The summed E-state index contributed by atoms with van der Waals surface area (Å²) < 4.78 is 11.0. The van der Waals surface area contributed by atoms with Gasteiger partial charge >= 0.3 is 0 Å². The second-order valence-corrected chi connectivity index (χ2v) is 6.07. The first-order chi connectivity index (χ1) is 10.3. The molecule has 0 radical (unpaired) electrons. The molecule has 0 spiro atoms. The van der Waals surface area contributed by atoms with Gasteiger partial charge in [0.25, 0.3) is 0 Å². The summed E-state index contributed by atoms with van der Waals surface area (Å²) in [5.41, 5.74) is 1.00. The normalized spacial score (nSPS) is 22.9. The minimum Gasteiger partial charge on any atom is -0.378 e. The third-order valence-electron chi connectivity index (χ3n) is 4.21. The Labute approximate surface area is 139 Å². The molecule has 1 aromatic heterocycles. The van der Waals surface area contributed by atoms with Gasteiger partial charge in [-0.05, 0) is 30.5 Å². The zero-order valence-electron chi connectivity index (χ0n) is 11.9. The van der Waals surface area contributed by atoms with Crippen molar-refractivity contribution in [2.75, 3.05) is 19.8 Å². The molecule has 1 unspecified atom stereocenters. The van der Waals surface area contributed by atoms with Gasteiger partial charge in [-0.25, -0.2) is 0 Å². The summed E-state index contributed by atoms with van der Waals surface area (Å²) >= 11 is 6.10. The second-order valence-electron chi connectivity index (χ2n) is 5.63. The number of rotatable bonds is 3. The van der Waals surface area contributed by atoms with E-state index in [1.54, 1.807) is 0 Å². The molecular weight excluding hydrogens is 325 g/mol. The predicted octanol–water partition coefficient (Wildman–Crippen LogP) is 2.89. The summed E-state index contributed by atoms with van der Waals surface area (Å²) in [7, 11) is 0. The topological polar surface area (TPSA) is 60.2 Å². The van der Waals surface area contributed by atoms with E-state index >= 15 is 0 Å². The second kappa shape index (κ2) is 6.16. The van der Waals surface area contributed by atoms with Crippen LogP contribution < -0.4 is 5.32 Å². The fourth-order valence-electron chi connectivity index (χ4n) is 2.84. The number of hydrogen-bond donors (Lipinski definition) is 1. The van der Waals surface area contributed by atoms with Crippen LogP contribution in [0.4, 0.5) is 0 Å². The molecule has 7 heteroatoms. The van der Waals surface area contributed by atoms with Crippen molar-refractivity contribution >= 4 is 24.0 Å². The van der Waals surface area contributed by atoms with Gasteiger partial charge in [0, 0.05) is 11.6 Å². The van der Waals surface area contributed by atoms with Gasteiger partial charge < -0.3 is 14.6 Å². The lowest BCUT2D eigenvalue weighted by atomic mass is 9.96. The molecule has 2 aliphatic rings. The predicted molar refractivity (Wildman–Crippen MR) is 84.6 cm³/mol. The lowest BCUT2D eigenvalue weighted by Crippen LogP contribution is -2.35. The highest BCUT2D eigenvalue weighted by molar-refractivity contribution is 6.30. The molecule has 0 amide bonds. The van der Waals surface area contributed by atoms with Crippen molar-refractivity contribution in [3.05, 3.63) is 46.6 Å². The third-order valence-corrected chi connectivity index (χ3v) is 4.45. The van der Waals surface area contributed by atoms with Crippen molar-refractivity contribution in [2.45, 2.75) is 24.3 Å². The first-order valence-electron chi connectivity index (χ1n) is 7.19. The Morgan fingerprint density at radius 1 is 1.32 bits per heavy atom. The molecule has 1 saturated carbocycles. The first-order valence-corrected chi connectivity index (χ1v) is 7.57. The van der Waals surface area contributed by atoms with Crippen LogP contribution >= 0.6 is 24.0 Å². The number of nitrogens with one attached hydrogen (secondary N) is 1. The van der Waals surface area contributed by atoms with Crippen molar-refractivity contribution in [1.29, 1.82) is 0 Å². The van der Waals surface area contributed by atoms with E-state index in [0.717, 1.165) is 36.6 Å². The highest BCUT2D eigenvalue weighted by atomic mass is 35.5. The van der Waals surface area contributed by atoms with E-state index in [1.165, 1.54) is 0 Å². The van der Waals surface area contributed by atoms with Crippen molar-refractivity contribution < 1.29 is 9.26 Å². The fraction of sp³-hybridized carbons (Fsp3) is 0.467. The molecule has 1 aliphatic carbocycles. The Bertz CT molecular complexity index is 652. The van der Waals surface area contributed by atoms with Crippen molar-refractivity contribution in [2.24, 2.45) is 0 Å². The standard InChI is InChI=1S/C15H16ClN3O2.ClH/c16-11-3-1-2-10(8-11)15(4-5-15)14-18-13(19-21-14)12-9-20-7-6-17-12;/h1-3,8,12,17H,4-7,9H2;1H. The van der Waals surface area contributed by atoms with Gasteiger partial charge in [0.1, 0.15) is 0 Å². The van der Waals surface area contributed by atoms with Gasteiger partial charge in [-0.15, -0.1) is 12.4 Å². The average molecular weight is 342 g/mol. The summed E-state index contributed by atoms with van der Waals surface area (Å²) in [4.78, 5) is 4.61. The van der Waals surface area contributed by atoms with Crippen LogP contribution in [0, 0.1) is 0 Å². The number of morpholine rings is 1. The van der Waals surface area contributed by atoms with Crippen LogP contribution in [0.3, 0.4) is 0 Å². The van der Waals surface area contributed by atoms with E-state index in [-0.39, 0.29) is 23.9 Å². The van der Waals surface area contributed by atoms with E-state index < -0.39 is 0 Å². The van der Waals surface area contributed by atoms with Gasteiger partial charge in [-0.1, -0.05) is 28.9 Å². The quantitative estimate of drug-likeness (QED) is 0.929. The van der Waals surface area contributed by atoms with Gasteiger partial charge in [-0.2, -0.15) is 4.98 Å². The van der Waals surface area contributed by atoms with Crippen LogP contribution in [0.1, 0.15) is 36.2 Å². The highest BCUT2D eigenvalue weighted by Crippen LogP contribution is 2.53. The Morgan fingerprint density at radius 2 is 2.18 bits per heavy atom. The zero-order valence-corrected chi connectivity index (χ0v) is 13.5. The van der Waals surface area contributed by atoms with E-state index in [0.29, 0.717) is 18.3 Å². The lowest BCUT2D eigenvalue weighted by molar-refractivity contribution is 0.0734. The SMILES string of the molecule is Cl.Clc1cccc(C2(c3nc(C4COCCN4)no3)CC2)c1. The molecule has 1 aliphatic heterocycles. The van der Waals surface area contributed by atoms with E-state index in [4.69, 9.17) is 20.9 Å². The van der Waals surface area contributed by atoms with Crippen LogP contribution in [0.15, 0.2) is 28.8 Å². The minimum absolute atomic E-state index is 0. The largest absolute Gasteiger partial charge is 0.378 e. The molecule has 2 fully saturated rings. The van der Waals surface area contributed by atoms with E-state index in [1.807, 2.05) is 18.2 Å². The molecule has 0 bridgehead atoms. The van der Waals surface area contributed by atoms with Gasteiger partial charge in [0.15, 0.2) is 5.82 Å². The van der Waals surface area contributed by atoms with Crippen molar-refractivity contribution in [3.63, 3.8) is 0 Å². The molecule has 1 aromatic carbocycles. The average Bonchev–Trinajstić information content (AvgIpc) is 3.19. The summed E-state index contributed by atoms with van der Waals surface area (Å²) in [6, 6.07) is 7.92. The van der Waals surface area contributed by atoms with Crippen molar-refractivity contribution in [1.82, 2.24) is 15.5 Å². The van der Waals surface area contributed by atoms with Gasteiger partial charge in [0.05, 0.1) is 24.7 Å². The van der Waals surface area contributed by atoms with E-state index in [9.17, 15) is 0 Å². The molecule has 1 atom stereocenters. The number of ether oxygens (including phenoxy) is 1. The maximum absolute atomic E-state index is 6.10. The van der Waals surface area contributed by atoms with Crippen LogP contribution in [0.2, 0.25) is 5.02 Å². The number of halogens is 2. The maximum atomic E-state index is 6.10.